The predicted molar refractivity (Wildman–Crippen MR) is 54.4 cm³/mol. The van der Waals surface area contributed by atoms with Crippen LogP contribution in [0.1, 0.15) is 33.1 Å². The number of carbonyl (C=O) groups excluding carboxylic acids is 1. The number of hydrogen-bond donors (Lipinski definition) is 1. The lowest BCUT2D eigenvalue weighted by molar-refractivity contribution is -0.117. The first kappa shape index (κ1) is 10.0. The molecule has 0 fully saturated rings. The molecule has 1 amide bonds. The minimum absolute atomic E-state index is 0.113. The van der Waals surface area contributed by atoms with Crippen molar-refractivity contribution in [2.45, 2.75) is 33.1 Å². The highest BCUT2D eigenvalue weighted by atomic mass is 16.1. The molecular weight excluding hydrogens is 162 g/mol. The fourth-order valence-corrected chi connectivity index (χ4v) is 1.63. The van der Waals surface area contributed by atoms with Crippen LogP contribution in [0.5, 0.6) is 0 Å². The van der Waals surface area contributed by atoms with E-state index < -0.39 is 0 Å². The average Bonchev–Trinajstić information content (AvgIpc) is 2.22. The fourth-order valence-electron chi connectivity index (χ4n) is 1.63. The minimum atomic E-state index is 0.113. The Bertz CT molecular complexity index is 251. The van der Waals surface area contributed by atoms with Gasteiger partial charge in [0.15, 0.2) is 0 Å². The number of nitrogens with one attached hydrogen (secondary N) is 1. The highest BCUT2D eigenvalue weighted by molar-refractivity contribution is 5.98. The van der Waals surface area contributed by atoms with Crippen molar-refractivity contribution in [3.8, 4) is 0 Å². The summed E-state index contributed by atoms with van der Waals surface area (Å²) in [7, 11) is 0. The van der Waals surface area contributed by atoms with Gasteiger partial charge in [-0.3, -0.25) is 4.79 Å². The second-order valence-electron chi connectivity index (χ2n) is 2.96. The van der Waals surface area contributed by atoms with E-state index in [1.807, 2.05) is 19.9 Å². The molecule has 2 rings (SSSR count). The van der Waals surface area contributed by atoms with Gasteiger partial charge in [0.25, 0.3) is 5.91 Å². The van der Waals surface area contributed by atoms with Crippen LogP contribution in [0.25, 0.3) is 0 Å². The standard InChI is InChI=1S/C9H11NO.C2H6/c11-9-8-4-2-1-3-7(8)5-6-10-9;1-2/h2,4H,1,3,5-6H2,(H,10,11);1-2H3. The summed E-state index contributed by atoms with van der Waals surface area (Å²) in [5.74, 6) is 0.113. The van der Waals surface area contributed by atoms with Crippen LogP contribution in [-0.2, 0) is 4.79 Å². The number of rotatable bonds is 0. The van der Waals surface area contributed by atoms with Crippen molar-refractivity contribution >= 4 is 5.91 Å². The summed E-state index contributed by atoms with van der Waals surface area (Å²) in [6.07, 6.45) is 7.26. The third-order valence-corrected chi connectivity index (χ3v) is 2.24. The van der Waals surface area contributed by atoms with Gasteiger partial charge in [0.1, 0.15) is 0 Å². The van der Waals surface area contributed by atoms with E-state index in [0.29, 0.717) is 0 Å². The minimum Gasteiger partial charge on any atom is -0.352 e. The molecule has 1 aliphatic carbocycles. The van der Waals surface area contributed by atoms with E-state index in [1.165, 1.54) is 5.57 Å². The van der Waals surface area contributed by atoms with Crippen molar-refractivity contribution in [3.63, 3.8) is 0 Å². The largest absolute Gasteiger partial charge is 0.352 e. The molecule has 72 valence electrons. The maximum Gasteiger partial charge on any atom is 0.251 e. The van der Waals surface area contributed by atoms with Gasteiger partial charge in [-0.1, -0.05) is 31.6 Å². The molecule has 0 bridgehead atoms. The maximum absolute atomic E-state index is 11.2. The SMILES string of the molecule is CC.O=C1NCCC2=C1C=CCC2. The van der Waals surface area contributed by atoms with Crippen LogP contribution in [-0.4, -0.2) is 12.5 Å². The number of carbonyl (C=O) groups is 1. The predicted octanol–water partition coefficient (Wildman–Crippen LogP) is 2.18. The summed E-state index contributed by atoms with van der Waals surface area (Å²) >= 11 is 0. The Morgan fingerprint density at radius 3 is 2.77 bits per heavy atom. The van der Waals surface area contributed by atoms with Gasteiger partial charge in [-0.25, -0.2) is 0 Å². The molecule has 0 unspecified atom stereocenters. The molecule has 0 atom stereocenters. The number of hydrogen-bond acceptors (Lipinski definition) is 1. The summed E-state index contributed by atoms with van der Waals surface area (Å²) in [4.78, 5) is 11.2. The zero-order valence-corrected chi connectivity index (χ0v) is 8.39. The van der Waals surface area contributed by atoms with Crippen LogP contribution in [0.2, 0.25) is 0 Å². The third kappa shape index (κ3) is 2.20. The molecule has 1 N–H and O–H groups in total. The van der Waals surface area contributed by atoms with Gasteiger partial charge in [-0.05, 0) is 19.3 Å². The molecule has 0 radical (unpaired) electrons. The van der Waals surface area contributed by atoms with Gasteiger partial charge in [0, 0.05) is 12.1 Å². The van der Waals surface area contributed by atoms with Crippen LogP contribution >= 0.6 is 0 Å². The molecule has 0 aromatic carbocycles. The van der Waals surface area contributed by atoms with Crippen molar-refractivity contribution in [1.82, 2.24) is 5.32 Å². The van der Waals surface area contributed by atoms with E-state index in [9.17, 15) is 4.79 Å². The molecule has 2 nitrogen and oxygen atoms in total. The molecule has 0 spiro atoms. The molecule has 0 saturated carbocycles. The lowest BCUT2D eigenvalue weighted by Crippen LogP contribution is -2.31. The van der Waals surface area contributed by atoms with Crippen LogP contribution in [0.4, 0.5) is 0 Å². The van der Waals surface area contributed by atoms with E-state index in [2.05, 4.69) is 11.4 Å². The molecule has 13 heavy (non-hydrogen) atoms. The molecular formula is C11H17NO. The van der Waals surface area contributed by atoms with E-state index in [0.717, 1.165) is 31.4 Å². The smallest absolute Gasteiger partial charge is 0.251 e. The van der Waals surface area contributed by atoms with Crippen LogP contribution in [0, 0.1) is 0 Å². The summed E-state index contributed by atoms with van der Waals surface area (Å²) in [5.41, 5.74) is 2.26. The Morgan fingerprint density at radius 2 is 2.08 bits per heavy atom. The summed E-state index contributed by atoms with van der Waals surface area (Å²) < 4.78 is 0. The van der Waals surface area contributed by atoms with Gasteiger partial charge in [-0.15, -0.1) is 0 Å². The first-order valence-electron chi connectivity index (χ1n) is 5.05. The van der Waals surface area contributed by atoms with Crippen LogP contribution in [0.3, 0.4) is 0 Å². The highest BCUT2D eigenvalue weighted by Crippen LogP contribution is 2.23. The topological polar surface area (TPSA) is 29.1 Å². The molecule has 2 heteroatoms. The van der Waals surface area contributed by atoms with Gasteiger partial charge in [0.05, 0.1) is 0 Å². The Kier molecular flexibility index (Phi) is 3.74. The zero-order valence-electron chi connectivity index (χ0n) is 8.39. The van der Waals surface area contributed by atoms with Crippen molar-refractivity contribution in [2.75, 3.05) is 6.54 Å². The first-order chi connectivity index (χ1) is 6.38. The number of allylic oxidation sites excluding steroid dienone is 1. The van der Waals surface area contributed by atoms with Crippen LogP contribution in [0.15, 0.2) is 23.3 Å². The van der Waals surface area contributed by atoms with Gasteiger partial charge in [-0.2, -0.15) is 0 Å². The Labute approximate surface area is 79.7 Å². The molecule has 0 saturated heterocycles. The molecule has 0 aromatic rings. The van der Waals surface area contributed by atoms with Crippen molar-refractivity contribution in [2.24, 2.45) is 0 Å². The van der Waals surface area contributed by atoms with E-state index >= 15 is 0 Å². The monoisotopic (exact) mass is 179 g/mol. The summed E-state index contributed by atoms with van der Waals surface area (Å²) in [5, 5.41) is 2.83. The zero-order chi connectivity index (χ0) is 9.68. The van der Waals surface area contributed by atoms with Gasteiger partial charge < -0.3 is 5.32 Å². The highest BCUT2D eigenvalue weighted by Gasteiger charge is 2.18. The van der Waals surface area contributed by atoms with Crippen molar-refractivity contribution < 1.29 is 4.79 Å². The molecule has 1 aliphatic heterocycles. The maximum atomic E-state index is 11.2. The Morgan fingerprint density at radius 1 is 1.31 bits per heavy atom. The second-order valence-corrected chi connectivity index (χ2v) is 2.96. The fraction of sp³-hybridized carbons (Fsp3) is 0.545. The van der Waals surface area contributed by atoms with Gasteiger partial charge >= 0.3 is 0 Å². The quantitative estimate of drug-likeness (QED) is 0.606. The molecule has 1 heterocycles. The first-order valence-corrected chi connectivity index (χ1v) is 5.05. The lowest BCUT2D eigenvalue weighted by Gasteiger charge is -2.20. The van der Waals surface area contributed by atoms with E-state index in [-0.39, 0.29) is 5.91 Å². The van der Waals surface area contributed by atoms with Crippen molar-refractivity contribution in [3.05, 3.63) is 23.3 Å². The van der Waals surface area contributed by atoms with Gasteiger partial charge in [0.2, 0.25) is 0 Å². The second kappa shape index (κ2) is 4.85. The summed E-state index contributed by atoms with van der Waals surface area (Å²) in [6.45, 7) is 4.82. The average molecular weight is 179 g/mol. The lowest BCUT2D eigenvalue weighted by atomic mass is 9.92. The van der Waals surface area contributed by atoms with Crippen molar-refractivity contribution in [1.29, 1.82) is 0 Å². The third-order valence-electron chi connectivity index (χ3n) is 2.24. The normalized spacial score (nSPS) is 20.0. The Hall–Kier alpha value is -1.05. The molecule has 0 aromatic heterocycles. The van der Waals surface area contributed by atoms with E-state index in [1.54, 1.807) is 0 Å². The van der Waals surface area contributed by atoms with E-state index in [4.69, 9.17) is 0 Å². The van der Waals surface area contributed by atoms with Crippen LogP contribution < -0.4 is 5.32 Å². The number of amides is 1. The Balaban J connectivity index is 0.000000396. The molecule has 2 aliphatic rings. The summed E-state index contributed by atoms with van der Waals surface area (Å²) in [6, 6.07) is 0.